The summed E-state index contributed by atoms with van der Waals surface area (Å²) in [5.74, 6) is 0.0586. The van der Waals surface area contributed by atoms with Gasteiger partial charge in [0.15, 0.2) is 0 Å². The lowest BCUT2D eigenvalue weighted by Gasteiger charge is -2.30. The number of benzene rings is 2. The maximum absolute atomic E-state index is 12.8. The van der Waals surface area contributed by atoms with Crippen molar-refractivity contribution < 1.29 is 14.3 Å². The van der Waals surface area contributed by atoms with E-state index in [0.717, 1.165) is 42.3 Å². The average Bonchev–Trinajstić information content (AvgIpc) is 2.84. The van der Waals surface area contributed by atoms with Gasteiger partial charge in [0, 0.05) is 23.5 Å². The van der Waals surface area contributed by atoms with Gasteiger partial charge < -0.3 is 20.3 Å². The summed E-state index contributed by atoms with van der Waals surface area (Å²) >= 11 is 0. The van der Waals surface area contributed by atoms with Gasteiger partial charge in [-0.25, -0.2) is 4.98 Å². The van der Waals surface area contributed by atoms with Gasteiger partial charge in [-0.15, -0.1) is 0 Å². The summed E-state index contributed by atoms with van der Waals surface area (Å²) in [4.78, 5) is 31.7. The van der Waals surface area contributed by atoms with Gasteiger partial charge in [-0.2, -0.15) is 0 Å². The van der Waals surface area contributed by atoms with Crippen LogP contribution in [0.25, 0.3) is 22.0 Å². The molecule has 3 aromatic rings. The topological polar surface area (TPSA) is 83.6 Å². The third kappa shape index (κ3) is 5.04. The number of hydrogen-bond acceptors (Lipinski definition) is 5. The molecule has 0 unspecified atom stereocenters. The standard InChI is InChI=1S/C26H28N4O3/c1-4-24(31)29-25-20-15-18(11-10-17(20)12-13-23(25)33-3)21-8-5-9-22(28-21)26(32)27-19-7-6-14-30(2)16-19/h4-5,8-13,15,19H,1,6-7,14,16H2,2-3H3,(H,27,32)(H,29,31)/t19-/m0/s1. The molecule has 170 valence electrons. The first kappa shape index (κ1) is 22.5. The summed E-state index contributed by atoms with van der Waals surface area (Å²) in [5.41, 5.74) is 2.45. The molecule has 0 radical (unpaired) electrons. The van der Waals surface area contributed by atoms with E-state index in [0.29, 0.717) is 22.8 Å². The summed E-state index contributed by atoms with van der Waals surface area (Å²) in [6.07, 6.45) is 3.26. The number of carbonyl (C=O) groups excluding carboxylic acids is 2. The first-order chi connectivity index (χ1) is 16.0. The average molecular weight is 445 g/mol. The van der Waals surface area contributed by atoms with Crippen LogP contribution in [-0.2, 0) is 4.79 Å². The molecule has 0 aliphatic carbocycles. The third-order valence-electron chi connectivity index (χ3n) is 5.87. The van der Waals surface area contributed by atoms with E-state index in [1.54, 1.807) is 13.2 Å². The van der Waals surface area contributed by atoms with Crippen LogP contribution in [0.4, 0.5) is 5.69 Å². The van der Waals surface area contributed by atoms with E-state index in [2.05, 4.69) is 34.1 Å². The third-order valence-corrected chi connectivity index (χ3v) is 5.87. The number of carbonyl (C=O) groups is 2. The van der Waals surface area contributed by atoms with Crippen LogP contribution in [0.1, 0.15) is 23.3 Å². The Bertz CT molecular complexity index is 1210. The lowest BCUT2D eigenvalue weighted by Crippen LogP contribution is -2.46. The number of methoxy groups -OCH3 is 1. The van der Waals surface area contributed by atoms with Crippen molar-refractivity contribution in [1.29, 1.82) is 0 Å². The van der Waals surface area contributed by atoms with E-state index in [-0.39, 0.29) is 17.9 Å². The Morgan fingerprint density at radius 2 is 2.03 bits per heavy atom. The van der Waals surface area contributed by atoms with Crippen LogP contribution in [0.15, 0.2) is 61.2 Å². The number of piperidine rings is 1. The quantitative estimate of drug-likeness (QED) is 0.564. The highest BCUT2D eigenvalue weighted by Gasteiger charge is 2.20. The number of nitrogens with one attached hydrogen (secondary N) is 2. The van der Waals surface area contributed by atoms with E-state index >= 15 is 0 Å². The van der Waals surface area contributed by atoms with Gasteiger partial charge >= 0.3 is 0 Å². The number of rotatable bonds is 6. The molecule has 1 saturated heterocycles. The van der Waals surface area contributed by atoms with Crippen molar-refractivity contribution in [3.8, 4) is 17.0 Å². The normalized spacial score (nSPS) is 16.2. The minimum Gasteiger partial charge on any atom is -0.495 e. The maximum atomic E-state index is 12.8. The highest BCUT2D eigenvalue weighted by atomic mass is 16.5. The Morgan fingerprint density at radius 1 is 1.21 bits per heavy atom. The van der Waals surface area contributed by atoms with Gasteiger partial charge in [0.05, 0.1) is 18.5 Å². The fourth-order valence-corrected chi connectivity index (χ4v) is 4.20. The van der Waals surface area contributed by atoms with Crippen LogP contribution in [-0.4, -0.2) is 55.0 Å². The van der Waals surface area contributed by atoms with Crippen molar-refractivity contribution >= 4 is 28.3 Å². The van der Waals surface area contributed by atoms with Crippen LogP contribution in [0.5, 0.6) is 5.75 Å². The van der Waals surface area contributed by atoms with Crippen LogP contribution in [0.3, 0.4) is 0 Å². The number of likely N-dealkylation sites (N-methyl/N-ethyl adjacent to an activating group) is 1. The summed E-state index contributed by atoms with van der Waals surface area (Å²) in [6, 6.07) is 15.2. The molecular weight excluding hydrogens is 416 g/mol. The molecule has 1 fully saturated rings. The van der Waals surface area contributed by atoms with Gasteiger partial charge in [0.1, 0.15) is 11.4 Å². The minimum absolute atomic E-state index is 0.130. The monoisotopic (exact) mass is 444 g/mol. The molecule has 4 rings (SSSR count). The zero-order valence-corrected chi connectivity index (χ0v) is 18.9. The van der Waals surface area contributed by atoms with Gasteiger partial charge in [0.25, 0.3) is 5.91 Å². The Kier molecular flexibility index (Phi) is 6.70. The molecule has 7 nitrogen and oxygen atoms in total. The Morgan fingerprint density at radius 3 is 2.79 bits per heavy atom. The number of fused-ring (bicyclic) bond motifs is 1. The van der Waals surface area contributed by atoms with Crippen molar-refractivity contribution in [1.82, 2.24) is 15.2 Å². The molecule has 33 heavy (non-hydrogen) atoms. The predicted octanol–water partition coefficient (Wildman–Crippen LogP) is 3.86. The lowest BCUT2D eigenvalue weighted by molar-refractivity contribution is -0.111. The Balaban J connectivity index is 1.66. The molecule has 2 amide bonds. The van der Waals surface area contributed by atoms with Gasteiger partial charge in [-0.3, -0.25) is 9.59 Å². The summed E-state index contributed by atoms with van der Waals surface area (Å²) in [5, 5.41) is 7.70. The molecule has 1 aliphatic rings. The first-order valence-corrected chi connectivity index (χ1v) is 11.0. The molecule has 7 heteroatoms. The summed E-state index contributed by atoms with van der Waals surface area (Å²) in [7, 11) is 3.62. The van der Waals surface area contributed by atoms with Crippen LogP contribution in [0, 0.1) is 0 Å². The fourth-order valence-electron chi connectivity index (χ4n) is 4.20. The minimum atomic E-state index is -0.323. The molecule has 0 saturated carbocycles. The van der Waals surface area contributed by atoms with E-state index in [9.17, 15) is 9.59 Å². The number of nitrogens with zero attached hydrogens (tertiary/aromatic N) is 2. The lowest BCUT2D eigenvalue weighted by atomic mass is 10.0. The van der Waals surface area contributed by atoms with Gasteiger partial charge in [-0.1, -0.05) is 30.8 Å². The molecule has 1 aromatic heterocycles. The van der Waals surface area contributed by atoms with Crippen molar-refractivity contribution in [3.63, 3.8) is 0 Å². The second-order valence-corrected chi connectivity index (χ2v) is 8.26. The van der Waals surface area contributed by atoms with Crippen molar-refractivity contribution in [2.45, 2.75) is 18.9 Å². The van der Waals surface area contributed by atoms with Gasteiger partial charge in [0.2, 0.25) is 5.91 Å². The van der Waals surface area contributed by atoms with Crippen molar-refractivity contribution in [3.05, 3.63) is 66.9 Å². The SMILES string of the molecule is C=CC(=O)Nc1c(OC)ccc2ccc(-c3cccc(C(=O)N[C@H]4CCCN(C)C4)n3)cc12. The van der Waals surface area contributed by atoms with E-state index in [1.165, 1.54) is 6.08 Å². The number of ether oxygens (including phenoxy) is 1. The van der Waals surface area contributed by atoms with E-state index in [4.69, 9.17) is 4.74 Å². The number of aromatic nitrogens is 1. The molecule has 2 heterocycles. The smallest absolute Gasteiger partial charge is 0.270 e. The fraction of sp³-hybridized carbons (Fsp3) is 0.269. The summed E-state index contributed by atoms with van der Waals surface area (Å²) in [6.45, 7) is 5.43. The number of hydrogen-bond donors (Lipinski definition) is 2. The molecule has 1 atom stereocenters. The van der Waals surface area contributed by atoms with Crippen LogP contribution < -0.4 is 15.4 Å². The number of anilines is 1. The maximum Gasteiger partial charge on any atom is 0.270 e. The highest BCUT2D eigenvalue weighted by molar-refractivity contribution is 6.08. The van der Waals surface area contributed by atoms with E-state index in [1.807, 2.05) is 42.5 Å². The highest BCUT2D eigenvalue weighted by Crippen LogP contribution is 2.35. The van der Waals surface area contributed by atoms with Crippen LogP contribution in [0.2, 0.25) is 0 Å². The second kappa shape index (κ2) is 9.83. The number of amides is 2. The molecule has 0 spiro atoms. The second-order valence-electron chi connectivity index (χ2n) is 8.26. The number of pyridine rings is 1. The largest absolute Gasteiger partial charge is 0.495 e. The molecule has 0 bridgehead atoms. The molecule has 2 aromatic carbocycles. The number of likely N-dealkylation sites (tertiary alicyclic amines) is 1. The van der Waals surface area contributed by atoms with Crippen LogP contribution >= 0.6 is 0 Å². The molecular formula is C26H28N4O3. The zero-order chi connectivity index (χ0) is 23.4. The first-order valence-electron chi connectivity index (χ1n) is 11.0. The summed E-state index contributed by atoms with van der Waals surface area (Å²) < 4.78 is 5.45. The predicted molar refractivity (Wildman–Crippen MR) is 131 cm³/mol. The van der Waals surface area contributed by atoms with Crippen molar-refractivity contribution in [2.75, 3.05) is 32.6 Å². The van der Waals surface area contributed by atoms with E-state index < -0.39 is 0 Å². The van der Waals surface area contributed by atoms with Crippen molar-refractivity contribution in [2.24, 2.45) is 0 Å². The Labute approximate surface area is 193 Å². The molecule has 1 aliphatic heterocycles. The molecule has 2 N–H and O–H groups in total. The van der Waals surface area contributed by atoms with Gasteiger partial charge in [-0.05, 0) is 62.2 Å². The zero-order valence-electron chi connectivity index (χ0n) is 18.9. The Hall–Kier alpha value is -3.71.